The molecule has 2 N–H and O–H groups in total. The predicted molar refractivity (Wildman–Crippen MR) is 110 cm³/mol. The zero-order valence-electron chi connectivity index (χ0n) is 18.0. The van der Waals surface area contributed by atoms with Gasteiger partial charge in [0.25, 0.3) is 11.8 Å². The Balaban J connectivity index is 1.38. The fourth-order valence-electron chi connectivity index (χ4n) is 6.34. The van der Waals surface area contributed by atoms with E-state index in [4.69, 9.17) is 4.74 Å². The monoisotopic (exact) mass is 475 g/mol. The Hall–Kier alpha value is -3.34. The molecular formula is C23H20F3N3O5. The van der Waals surface area contributed by atoms with E-state index in [1.54, 1.807) is 4.90 Å². The lowest BCUT2D eigenvalue weighted by molar-refractivity contribution is -0.0563. The molecule has 8 nitrogen and oxygen atoms in total. The number of ether oxygens (including phenoxy) is 1. The van der Waals surface area contributed by atoms with Gasteiger partial charge in [-0.3, -0.25) is 14.4 Å². The van der Waals surface area contributed by atoms with Crippen LogP contribution in [-0.4, -0.2) is 50.7 Å². The average molecular weight is 475 g/mol. The molecule has 1 aromatic carbocycles. The molecule has 2 aromatic rings. The standard InChI is InChI=1S/C23H20F3N3O5/c1-9-8-34-20-13-2-3-16-23(13,20)29(9)22(33)17-19(31)18(30)12(7-28(16)17)21(32)27-6-11-14(25)4-10(24)5-15(11)26/h4-5,7,9,13,16,20,31H,2-3,6,8H2,1H3,(H,27,32)/t9-,13?,16+,20-,23-/m0/s1. The zero-order chi connectivity index (χ0) is 24.1. The maximum atomic E-state index is 13.9. The number of nitrogens with zero attached hydrogens (tertiary/aromatic N) is 2. The summed E-state index contributed by atoms with van der Waals surface area (Å²) in [7, 11) is 0. The van der Waals surface area contributed by atoms with Crippen LogP contribution in [0.15, 0.2) is 23.1 Å². The topological polar surface area (TPSA) is 101 Å². The highest BCUT2D eigenvalue weighted by molar-refractivity contribution is 6.00. The third-order valence-corrected chi connectivity index (χ3v) is 7.71. The number of nitrogens with one attached hydrogen (secondary N) is 1. The summed E-state index contributed by atoms with van der Waals surface area (Å²) in [6, 6.07) is 0.442. The van der Waals surface area contributed by atoms with E-state index in [9.17, 15) is 32.7 Å². The summed E-state index contributed by atoms with van der Waals surface area (Å²) in [5.74, 6) is -5.64. The van der Waals surface area contributed by atoms with Crippen molar-refractivity contribution in [3.8, 4) is 5.75 Å². The van der Waals surface area contributed by atoms with Crippen molar-refractivity contribution in [3.05, 3.63) is 62.8 Å². The molecule has 3 heterocycles. The van der Waals surface area contributed by atoms with Crippen LogP contribution >= 0.6 is 0 Å². The first kappa shape index (κ1) is 21.2. The number of benzene rings is 1. The van der Waals surface area contributed by atoms with E-state index in [1.807, 2.05) is 6.92 Å². The summed E-state index contributed by atoms with van der Waals surface area (Å²) >= 11 is 0. The summed E-state index contributed by atoms with van der Waals surface area (Å²) in [6.07, 6.45) is 2.56. The van der Waals surface area contributed by atoms with Crippen molar-refractivity contribution in [3.63, 3.8) is 0 Å². The maximum Gasteiger partial charge on any atom is 0.275 e. The Morgan fingerprint density at radius 2 is 1.94 bits per heavy atom. The normalized spacial score (nSPS) is 30.5. The molecule has 1 aromatic heterocycles. The van der Waals surface area contributed by atoms with Crippen LogP contribution < -0.4 is 10.7 Å². The number of hydrogen-bond donors (Lipinski definition) is 2. The summed E-state index contributed by atoms with van der Waals surface area (Å²) in [5, 5.41) is 12.9. The van der Waals surface area contributed by atoms with Crippen molar-refractivity contribution in [2.45, 2.75) is 50.0 Å². The molecule has 1 spiro atoms. The minimum atomic E-state index is -1.18. The molecule has 2 saturated carbocycles. The lowest BCUT2D eigenvalue weighted by Gasteiger charge is -2.48. The molecule has 5 atom stereocenters. The number of fused-ring (bicyclic) bond motifs is 3. The van der Waals surface area contributed by atoms with Crippen LogP contribution in [0, 0.1) is 23.4 Å². The summed E-state index contributed by atoms with van der Waals surface area (Å²) in [4.78, 5) is 40.8. The van der Waals surface area contributed by atoms with Crippen LogP contribution in [-0.2, 0) is 11.3 Å². The van der Waals surface area contributed by atoms with Crippen LogP contribution in [0.4, 0.5) is 13.2 Å². The molecule has 34 heavy (non-hydrogen) atoms. The smallest absolute Gasteiger partial charge is 0.275 e. The van der Waals surface area contributed by atoms with Gasteiger partial charge in [0.2, 0.25) is 5.43 Å². The van der Waals surface area contributed by atoms with Gasteiger partial charge in [-0.1, -0.05) is 0 Å². The molecule has 178 valence electrons. The van der Waals surface area contributed by atoms with Crippen molar-refractivity contribution in [2.75, 3.05) is 6.61 Å². The Morgan fingerprint density at radius 1 is 1.24 bits per heavy atom. The number of morpholine rings is 1. The summed E-state index contributed by atoms with van der Waals surface area (Å²) in [5.41, 5.74) is -2.84. The van der Waals surface area contributed by atoms with E-state index in [0.717, 1.165) is 6.42 Å². The van der Waals surface area contributed by atoms with Gasteiger partial charge < -0.3 is 24.6 Å². The molecule has 2 aliphatic carbocycles. The van der Waals surface area contributed by atoms with Gasteiger partial charge in [-0.05, 0) is 19.8 Å². The molecule has 4 aliphatic rings. The Bertz CT molecular complexity index is 1310. The number of aromatic hydroxyl groups is 1. The van der Waals surface area contributed by atoms with Crippen molar-refractivity contribution >= 4 is 11.8 Å². The van der Waals surface area contributed by atoms with Gasteiger partial charge in [-0.2, -0.15) is 0 Å². The van der Waals surface area contributed by atoms with Crippen molar-refractivity contribution in [1.82, 2.24) is 14.8 Å². The number of hydrogen-bond acceptors (Lipinski definition) is 5. The largest absolute Gasteiger partial charge is 0.503 e. The van der Waals surface area contributed by atoms with Gasteiger partial charge in [-0.15, -0.1) is 0 Å². The van der Waals surface area contributed by atoms with Crippen LogP contribution in [0.1, 0.15) is 52.2 Å². The molecule has 1 unspecified atom stereocenters. The molecule has 0 bridgehead atoms. The molecule has 1 saturated heterocycles. The summed E-state index contributed by atoms with van der Waals surface area (Å²) in [6.45, 7) is 1.58. The van der Waals surface area contributed by atoms with Gasteiger partial charge in [0, 0.05) is 36.4 Å². The predicted octanol–water partition coefficient (Wildman–Crippen LogP) is 1.85. The van der Waals surface area contributed by atoms with E-state index in [2.05, 4.69) is 5.32 Å². The van der Waals surface area contributed by atoms with Gasteiger partial charge >= 0.3 is 0 Å². The maximum absolute atomic E-state index is 13.9. The number of carbonyl (C=O) groups excluding carboxylic acids is 2. The quantitative estimate of drug-likeness (QED) is 0.706. The second kappa shape index (κ2) is 6.84. The molecule has 0 radical (unpaired) electrons. The van der Waals surface area contributed by atoms with Crippen molar-refractivity contribution < 1.29 is 32.6 Å². The van der Waals surface area contributed by atoms with Gasteiger partial charge in [-0.25, -0.2) is 13.2 Å². The first-order valence-electron chi connectivity index (χ1n) is 11.0. The van der Waals surface area contributed by atoms with E-state index in [1.165, 1.54) is 10.8 Å². The molecule has 2 amide bonds. The van der Waals surface area contributed by atoms with Crippen LogP contribution in [0.25, 0.3) is 0 Å². The van der Waals surface area contributed by atoms with Gasteiger partial charge in [0.1, 0.15) is 23.0 Å². The minimum Gasteiger partial charge on any atom is -0.503 e. The lowest BCUT2D eigenvalue weighted by atomic mass is 9.94. The molecule has 2 aliphatic heterocycles. The molecule has 3 fully saturated rings. The first-order valence-corrected chi connectivity index (χ1v) is 11.0. The number of halogens is 3. The second-order valence-electron chi connectivity index (χ2n) is 9.37. The van der Waals surface area contributed by atoms with Crippen molar-refractivity contribution in [1.29, 1.82) is 0 Å². The SMILES string of the molecule is C[C@H]1CO[C@H]2C3CC[C@H]4n5cc(C(=O)NCc6c(F)cc(F)cc6F)c(=O)c(O)c5C(=O)N1[C@]324. The fraction of sp³-hybridized carbons (Fsp3) is 0.435. The van der Waals surface area contributed by atoms with Crippen LogP contribution in [0.3, 0.4) is 0 Å². The van der Waals surface area contributed by atoms with E-state index in [-0.39, 0.29) is 29.8 Å². The second-order valence-corrected chi connectivity index (χ2v) is 9.37. The lowest BCUT2D eigenvalue weighted by Crippen LogP contribution is -2.61. The number of rotatable bonds is 3. The Morgan fingerprint density at radius 3 is 2.65 bits per heavy atom. The Kier molecular flexibility index (Phi) is 4.27. The van der Waals surface area contributed by atoms with Gasteiger partial charge in [0.05, 0.1) is 30.3 Å². The molecule has 11 heteroatoms. The minimum absolute atomic E-state index is 0.136. The highest BCUT2D eigenvalue weighted by Crippen LogP contribution is 2.69. The number of aromatic nitrogens is 1. The molecular weight excluding hydrogens is 455 g/mol. The zero-order valence-corrected chi connectivity index (χ0v) is 18.0. The van der Waals surface area contributed by atoms with Gasteiger partial charge in [0.15, 0.2) is 11.4 Å². The fourth-order valence-corrected chi connectivity index (χ4v) is 6.34. The highest BCUT2D eigenvalue weighted by atomic mass is 19.1. The van der Waals surface area contributed by atoms with E-state index in [0.29, 0.717) is 25.2 Å². The van der Waals surface area contributed by atoms with E-state index < -0.39 is 63.7 Å². The number of carbonyl (C=O) groups is 2. The van der Waals surface area contributed by atoms with Crippen LogP contribution in [0.2, 0.25) is 0 Å². The van der Waals surface area contributed by atoms with E-state index >= 15 is 0 Å². The Labute approximate surface area is 190 Å². The van der Waals surface area contributed by atoms with Crippen molar-refractivity contribution in [2.24, 2.45) is 5.92 Å². The average Bonchev–Trinajstić information content (AvgIpc) is 3.24. The summed E-state index contributed by atoms with van der Waals surface area (Å²) < 4.78 is 48.4. The number of amides is 2. The third kappa shape index (κ3) is 2.50. The third-order valence-electron chi connectivity index (χ3n) is 7.71. The number of pyridine rings is 1. The highest BCUT2D eigenvalue weighted by Gasteiger charge is 2.80. The molecule has 6 rings (SSSR count). The first-order chi connectivity index (χ1) is 16.2. The van der Waals surface area contributed by atoms with Crippen LogP contribution in [0.5, 0.6) is 5.75 Å².